The number of fused-ring (bicyclic) bond motifs is 1. The molecule has 6 atom stereocenters. The van der Waals surface area contributed by atoms with Gasteiger partial charge in [0.15, 0.2) is 11.6 Å². The fourth-order valence-electron chi connectivity index (χ4n) is 6.48. The molecule has 10 heteroatoms. The number of ketones is 3. The summed E-state index contributed by atoms with van der Waals surface area (Å²) in [6.07, 6.45) is 4.39. The SMILES string of the molecule is C=CCCC(=O)C(=O)C(CCC)CC(=O)[C@@H]1[C@@H]2[C@H](CN1C(=O)[C@@H](NC(=O)N[C@H](C(=O)OCC=C)C(C)(C)C)C(C)(C)C)C2(C)C. The first kappa shape index (κ1) is 37.9. The van der Waals surface area contributed by atoms with Crippen LogP contribution in [-0.4, -0.2) is 71.4 Å². The minimum atomic E-state index is -1.02. The lowest BCUT2D eigenvalue weighted by Gasteiger charge is -2.38. The summed E-state index contributed by atoms with van der Waals surface area (Å²) in [5.74, 6) is -3.03. The van der Waals surface area contributed by atoms with Crippen LogP contribution in [0, 0.1) is 34.0 Å². The number of allylic oxidation sites excluding steroid dienone is 1. The number of carbonyl (C=O) groups is 6. The average Bonchev–Trinajstić information content (AvgIpc) is 3.26. The van der Waals surface area contributed by atoms with Crippen LogP contribution >= 0.6 is 0 Å². The molecule has 0 aromatic carbocycles. The zero-order chi connectivity index (χ0) is 34.5. The number of esters is 1. The van der Waals surface area contributed by atoms with E-state index in [4.69, 9.17) is 4.74 Å². The average molecular weight is 630 g/mol. The molecule has 1 unspecified atom stereocenters. The molecule has 3 amide bonds. The highest BCUT2D eigenvalue weighted by molar-refractivity contribution is 6.38. The van der Waals surface area contributed by atoms with E-state index in [9.17, 15) is 28.8 Å². The highest BCUT2D eigenvalue weighted by Crippen LogP contribution is 2.65. The van der Waals surface area contributed by atoms with Crippen LogP contribution in [0.3, 0.4) is 0 Å². The Bertz CT molecular complexity index is 1180. The standard InChI is InChI=1S/C35H55N3O7/c1-12-15-17-23(39)27(41)21(16-13-2)19-24(40)26-25-22(35(25,10)11)20-38(26)30(42)28(33(4,5)6)36-32(44)37-29(34(7,8)9)31(43)45-18-14-3/h12,14,21-22,25-26,28-29H,1,3,13,15-20H2,2,4-11H3,(H2,36,37,44)/t21?,22-,25-,26+,28+,29+/m0/s1. The number of amides is 3. The van der Waals surface area contributed by atoms with E-state index in [1.807, 2.05) is 27.7 Å². The third kappa shape index (κ3) is 9.13. The molecule has 1 aliphatic heterocycles. The number of nitrogens with zero attached hydrogens (tertiary/aromatic N) is 1. The van der Waals surface area contributed by atoms with E-state index in [0.717, 1.165) is 0 Å². The van der Waals surface area contributed by atoms with Crippen molar-refractivity contribution in [3.63, 3.8) is 0 Å². The predicted molar refractivity (Wildman–Crippen MR) is 173 cm³/mol. The number of nitrogens with one attached hydrogen (secondary N) is 2. The first-order valence-corrected chi connectivity index (χ1v) is 16.1. The molecule has 252 valence electrons. The van der Waals surface area contributed by atoms with Gasteiger partial charge in [0.1, 0.15) is 18.7 Å². The van der Waals surface area contributed by atoms with Gasteiger partial charge in [0.05, 0.1) is 6.04 Å². The van der Waals surface area contributed by atoms with Crippen molar-refractivity contribution in [2.45, 2.75) is 113 Å². The minimum absolute atomic E-state index is 0.00539. The number of hydrogen-bond acceptors (Lipinski definition) is 7. The van der Waals surface area contributed by atoms with Gasteiger partial charge in [-0.25, -0.2) is 9.59 Å². The van der Waals surface area contributed by atoms with Crippen LogP contribution in [0.4, 0.5) is 4.79 Å². The van der Waals surface area contributed by atoms with E-state index in [1.54, 1.807) is 31.7 Å². The third-order valence-corrected chi connectivity index (χ3v) is 9.24. The zero-order valence-electron chi connectivity index (χ0n) is 28.8. The van der Waals surface area contributed by atoms with Crippen LogP contribution < -0.4 is 10.6 Å². The van der Waals surface area contributed by atoms with Gasteiger partial charge in [-0.15, -0.1) is 6.58 Å². The fraction of sp³-hybridized carbons (Fsp3) is 0.714. The van der Waals surface area contributed by atoms with Crippen LogP contribution in [0.5, 0.6) is 0 Å². The lowest BCUT2D eigenvalue weighted by atomic mass is 9.83. The van der Waals surface area contributed by atoms with E-state index in [1.165, 1.54) is 6.08 Å². The van der Waals surface area contributed by atoms with Gasteiger partial charge in [0, 0.05) is 25.3 Å². The van der Waals surface area contributed by atoms with Gasteiger partial charge in [0.25, 0.3) is 0 Å². The number of rotatable bonds is 16. The lowest BCUT2D eigenvalue weighted by Crippen LogP contribution is -2.61. The van der Waals surface area contributed by atoms with E-state index >= 15 is 0 Å². The Hall–Kier alpha value is -3.30. The number of likely N-dealkylation sites (tertiary alicyclic amines) is 1. The second-order valence-corrected chi connectivity index (χ2v) is 15.3. The minimum Gasteiger partial charge on any atom is -0.460 e. The molecular formula is C35H55N3O7. The zero-order valence-corrected chi connectivity index (χ0v) is 28.8. The summed E-state index contributed by atoms with van der Waals surface area (Å²) in [4.78, 5) is 81.4. The quantitative estimate of drug-likeness (QED) is 0.142. The smallest absolute Gasteiger partial charge is 0.329 e. The molecule has 1 heterocycles. The molecule has 2 fully saturated rings. The molecule has 1 aliphatic carbocycles. The van der Waals surface area contributed by atoms with Gasteiger partial charge in [-0.1, -0.05) is 87.5 Å². The summed E-state index contributed by atoms with van der Waals surface area (Å²) >= 11 is 0. The monoisotopic (exact) mass is 629 g/mol. The largest absolute Gasteiger partial charge is 0.460 e. The number of piperidine rings is 1. The first-order valence-electron chi connectivity index (χ1n) is 16.1. The van der Waals surface area contributed by atoms with E-state index in [-0.39, 0.29) is 42.5 Å². The Balaban J connectivity index is 2.32. The van der Waals surface area contributed by atoms with Crippen LogP contribution in [0.25, 0.3) is 0 Å². The predicted octanol–water partition coefficient (Wildman–Crippen LogP) is 4.81. The molecule has 2 rings (SSSR count). The first-order chi connectivity index (χ1) is 20.7. The van der Waals surface area contributed by atoms with Crippen molar-refractivity contribution in [2.75, 3.05) is 13.2 Å². The molecule has 0 radical (unpaired) electrons. The topological polar surface area (TPSA) is 139 Å². The van der Waals surface area contributed by atoms with Crippen LogP contribution in [0.15, 0.2) is 25.3 Å². The Kier molecular flexibility index (Phi) is 12.5. The van der Waals surface area contributed by atoms with Crippen molar-refractivity contribution in [2.24, 2.45) is 34.0 Å². The summed E-state index contributed by atoms with van der Waals surface area (Å²) in [5.41, 5.74) is -1.59. The molecule has 0 aromatic heterocycles. The summed E-state index contributed by atoms with van der Waals surface area (Å²) in [5, 5.41) is 5.47. The fourth-order valence-corrected chi connectivity index (χ4v) is 6.48. The molecule has 2 N–H and O–H groups in total. The maximum Gasteiger partial charge on any atom is 0.329 e. The molecule has 1 saturated heterocycles. The Labute approximate surface area is 269 Å². The van der Waals surface area contributed by atoms with Crippen molar-refractivity contribution in [3.8, 4) is 0 Å². The molecule has 45 heavy (non-hydrogen) atoms. The Morgan fingerprint density at radius 1 is 0.956 bits per heavy atom. The number of urea groups is 1. The summed E-state index contributed by atoms with van der Waals surface area (Å²) < 4.78 is 5.20. The number of carbonyl (C=O) groups excluding carboxylic acids is 6. The van der Waals surface area contributed by atoms with Crippen molar-refractivity contribution in [3.05, 3.63) is 25.3 Å². The molecular weight excluding hydrogens is 574 g/mol. The maximum absolute atomic E-state index is 14.2. The molecule has 0 aromatic rings. The molecule has 0 bridgehead atoms. The van der Waals surface area contributed by atoms with Gasteiger partial charge in [0.2, 0.25) is 11.7 Å². The number of ether oxygens (including phenoxy) is 1. The van der Waals surface area contributed by atoms with Crippen molar-refractivity contribution >= 4 is 35.3 Å². The van der Waals surface area contributed by atoms with Gasteiger partial charge in [-0.2, -0.15) is 0 Å². The molecule has 1 saturated carbocycles. The second kappa shape index (κ2) is 14.9. The number of hydrogen-bond donors (Lipinski definition) is 2. The number of Topliss-reactive ketones (excluding diaryl/α,β-unsaturated/α-hetero) is 3. The van der Waals surface area contributed by atoms with Gasteiger partial charge >= 0.3 is 12.0 Å². The highest BCUT2D eigenvalue weighted by atomic mass is 16.5. The molecule has 0 spiro atoms. The van der Waals surface area contributed by atoms with Crippen LogP contribution in [0.1, 0.15) is 94.4 Å². The normalized spacial score (nSPS) is 22.2. The summed E-state index contributed by atoms with van der Waals surface area (Å²) in [6.45, 7) is 24.4. The highest BCUT2D eigenvalue weighted by Gasteiger charge is 2.69. The lowest BCUT2D eigenvalue weighted by molar-refractivity contribution is -0.147. The van der Waals surface area contributed by atoms with Gasteiger partial charge in [-0.3, -0.25) is 19.2 Å². The van der Waals surface area contributed by atoms with Crippen molar-refractivity contribution < 1.29 is 33.5 Å². The Morgan fingerprint density at radius 2 is 1.53 bits per heavy atom. The molecule has 2 aliphatic rings. The summed E-state index contributed by atoms with van der Waals surface area (Å²) in [7, 11) is 0. The second-order valence-electron chi connectivity index (χ2n) is 15.3. The van der Waals surface area contributed by atoms with Gasteiger partial charge in [-0.05, 0) is 40.9 Å². The van der Waals surface area contributed by atoms with E-state index in [2.05, 4.69) is 37.6 Å². The van der Waals surface area contributed by atoms with Crippen LogP contribution in [0.2, 0.25) is 0 Å². The van der Waals surface area contributed by atoms with E-state index < -0.39 is 64.3 Å². The Morgan fingerprint density at radius 3 is 2.04 bits per heavy atom. The third-order valence-electron chi connectivity index (χ3n) is 9.24. The van der Waals surface area contributed by atoms with Crippen LogP contribution in [-0.2, 0) is 28.7 Å². The molecule has 10 nitrogen and oxygen atoms in total. The van der Waals surface area contributed by atoms with Crippen molar-refractivity contribution in [1.29, 1.82) is 0 Å². The summed E-state index contributed by atoms with van der Waals surface area (Å²) in [6, 6.07) is -3.49. The van der Waals surface area contributed by atoms with Crippen molar-refractivity contribution in [1.82, 2.24) is 15.5 Å². The van der Waals surface area contributed by atoms with Gasteiger partial charge < -0.3 is 20.3 Å². The maximum atomic E-state index is 14.2. The van der Waals surface area contributed by atoms with E-state index in [0.29, 0.717) is 25.8 Å².